The van der Waals surface area contributed by atoms with Crippen molar-refractivity contribution in [2.45, 2.75) is 19.5 Å². The van der Waals surface area contributed by atoms with Gasteiger partial charge in [-0.3, -0.25) is 15.1 Å². The number of methoxy groups -OCH3 is 1. The van der Waals surface area contributed by atoms with E-state index in [1.807, 2.05) is 31.2 Å². The molecule has 110 valence electrons. The van der Waals surface area contributed by atoms with Gasteiger partial charge in [-0.05, 0) is 12.5 Å². The lowest BCUT2D eigenvalue weighted by Gasteiger charge is -2.15. The van der Waals surface area contributed by atoms with Crippen molar-refractivity contribution >= 4 is 5.97 Å². The maximum atomic E-state index is 11.4. The van der Waals surface area contributed by atoms with Gasteiger partial charge in [0, 0.05) is 24.4 Å². The van der Waals surface area contributed by atoms with Crippen molar-refractivity contribution < 1.29 is 14.6 Å². The molecule has 5 heteroatoms. The van der Waals surface area contributed by atoms with Crippen molar-refractivity contribution in [3.05, 3.63) is 59.4 Å². The number of hydrogen-bond acceptors (Lipinski definition) is 4. The second kappa shape index (κ2) is 6.85. The summed E-state index contributed by atoms with van der Waals surface area (Å²) in [6, 6.07) is 11.9. The Balaban J connectivity index is 2.13. The Morgan fingerprint density at radius 3 is 2.67 bits per heavy atom. The van der Waals surface area contributed by atoms with Gasteiger partial charge in [0.15, 0.2) is 0 Å². The van der Waals surface area contributed by atoms with Gasteiger partial charge in [0.05, 0.1) is 12.8 Å². The van der Waals surface area contributed by atoms with Crippen LogP contribution in [0.2, 0.25) is 0 Å². The van der Waals surface area contributed by atoms with Gasteiger partial charge in [-0.25, -0.2) is 0 Å². The van der Waals surface area contributed by atoms with Gasteiger partial charge in [-0.15, -0.1) is 0 Å². The fourth-order valence-corrected chi connectivity index (χ4v) is 2.11. The standard InChI is InChI=1S/C16H18N2O3/c1-11-8-14(21-2)9-13(18-11)10-17-15(16(19)20)12-6-4-3-5-7-12/h3-9,15,17H,10H2,1-2H3,(H,19,20). The average Bonchev–Trinajstić information content (AvgIpc) is 2.47. The van der Waals surface area contributed by atoms with Crippen molar-refractivity contribution in [2.75, 3.05) is 7.11 Å². The second-order valence-corrected chi connectivity index (χ2v) is 4.70. The van der Waals surface area contributed by atoms with Gasteiger partial charge in [-0.2, -0.15) is 0 Å². The number of aryl methyl sites for hydroxylation is 1. The Morgan fingerprint density at radius 2 is 2.05 bits per heavy atom. The molecule has 0 saturated heterocycles. The number of carboxylic acids is 1. The van der Waals surface area contributed by atoms with E-state index < -0.39 is 12.0 Å². The molecule has 0 spiro atoms. The lowest BCUT2D eigenvalue weighted by molar-refractivity contribution is -0.139. The van der Waals surface area contributed by atoms with Gasteiger partial charge < -0.3 is 9.84 Å². The Labute approximate surface area is 123 Å². The van der Waals surface area contributed by atoms with Crippen LogP contribution in [0, 0.1) is 6.92 Å². The zero-order valence-corrected chi connectivity index (χ0v) is 12.0. The van der Waals surface area contributed by atoms with E-state index in [0.717, 1.165) is 11.4 Å². The maximum Gasteiger partial charge on any atom is 0.325 e. The number of carbonyl (C=O) groups is 1. The maximum absolute atomic E-state index is 11.4. The molecule has 2 rings (SSSR count). The summed E-state index contributed by atoms with van der Waals surface area (Å²) in [6.45, 7) is 2.22. The third-order valence-corrected chi connectivity index (χ3v) is 3.08. The summed E-state index contributed by atoms with van der Waals surface area (Å²) in [4.78, 5) is 15.8. The third kappa shape index (κ3) is 4.03. The summed E-state index contributed by atoms with van der Waals surface area (Å²) in [5.74, 6) is -0.202. The number of ether oxygens (including phenoxy) is 1. The first kappa shape index (κ1) is 15.0. The molecule has 1 aromatic carbocycles. The van der Waals surface area contributed by atoms with E-state index in [-0.39, 0.29) is 0 Å². The molecule has 0 aliphatic heterocycles. The average molecular weight is 286 g/mol. The van der Waals surface area contributed by atoms with Crippen LogP contribution in [0.1, 0.15) is 23.0 Å². The van der Waals surface area contributed by atoms with Gasteiger partial charge in [0.1, 0.15) is 11.8 Å². The molecular weight excluding hydrogens is 268 g/mol. The highest BCUT2D eigenvalue weighted by Gasteiger charge is 2.18. The van der Waals surface area contributed by atoms with Crippen LogP contribution < -0.4 is 10.1 Å². The molecule has 1 aromatic heterocycles. The highest BCUT2D eigenvalue weighted by molar-refractivity contribution is 5.75. The minimum atomic E-state index is -0.916. The molecule has 1 heterocycles. The third-order valence-electron chi connectivity index (χ3n) is 3.08. The first-order chi connectivity index (χ1) is 10.1. The topological polar surface area (TPSA) is 71.5 Å². The number of nitrogens with zero attached hydrogens (tertiary/aromatic N) is 1. The number of rotatable bonds is 6. The summed E-state index contributed by atoms with van der Waals surface area (Å²) >= 11 is 0. The predicted molar refractivity (Wildman–Crippen MR) is 79.2 cm³/mol. The van der Waals surface area contributed by atoms with E-state index in [9.17, 15) is 9.90 Å². The van der Waals surface area contributed by atoms with Crippen LogP contribution >= 0.6 is 0 Å². The van der Waals surface area contributed by atoms with Gasteiger partial charge in [0.2, 0.25) is 0 Å². The first-order valence-corrected chi connectivity index (χ1v) is 6.63. The van der Waals surface area contributed by atoms with Crippen LogP contribution in [0.4, 0.5) is 0 Å². The number of pyridine rings is 1. The summed E-state index contributed by atoms with van der Waals surface area (Å²) < 4.78 is 5.19. The van der Waals surface area contributed by atoms with Gasteiger partial charge >= 0.3 is 5.97 Å². The SMILES string of the molecule is COc1cc(C)nc(CNC(C(=O)O)c2ccccc2)c1. The fraction of sp³-hybridized carbons (Fsp3) is 0.250. The number of aliphatic carboxylic acids is 1. The largest absolute Gasteiger partial charge is 0.497 e. The summed E-state index contributed by atoms with van der Waals surface area (Å²) in [5, 5.41) is 12.4. The number of carboxylic acid groups (broad SMARTS) is 1. The molecule has 1 atom stereocenters. The Bertz CT molecular complexity index is 614. The second-order valence-electron chi connectivity index (χ2n) is 4.70. The molecular formula is C16H18N2O3. The Hall–Kier alpha value is -2.40. The lowest BCUT2D eigenvalue weighted by atomic mass is 10.1. The van der Waals surface area contributed by atoms with Crippen molar-refractivity contribution in [2.24, 2.45) is 0 Å². The molecule has 2 aromatic rings. The van der Waals surface area contributed by atoms with Crippen LogP contribution in [0.5, 0.6) is 5.75 Å². The van der Waals surface area contributed by atoms with Crippen molar-refractivity contribution in [1.29, 1.82) is 0 Å². The highest BCUT2D eigenvalue weighted by atomic mass is 16.5. The van der Waals surface area contributed by atoms with E-state index in [1.165, 1.54) is 0 Å². The number of nitrogens with one attached hydrogen (secondary N) is 1. The minimum Gasteiger partial charge on any atom is -0.497 e. The Morgan fingerprint density at radius 1 is 1.33 bits per heavy atom. The summed E-state index contributed by atoms with van der Waals surface area (Å²) in [5.41, 5.74) is 2.29. The number of benzene rings is 1. The van der Waals surface area contributed by atoms with Crippen molar-refractivity contribution in [1.82, 2.24) is 10.3 Å². The molecule has 1 unspecified atom stereocenters. The molecule has 0 amide bonds. The minimum absolute atomic E-state index is 0.351. The molecule has 0 radical (unpaired) electrons. The molecule has 0 aliphatic rings. The summed E-state index contributed by atoms with van der Waals surface area (Å²) in [7, 11) is 1.59. The number of hydrogen-bond donors (Lipinski definition) is 2. The van der Waals surface area contributed by atoms with Crippen LogP contribution in [-0.4, -0.2) is 23.2 Å². The monoisotopic (exact) mass is 286 g/mol. The molecule has 5 nitrogen and oxygen atoms in total. The van der Waals surface area contributed by atoms with Gasteiger partial charge in [0.25, 0.3) is 0 Å². The van der Waals surface area contributed by atoms with E-state index in [4.69, 9.17) is 4.74 Å². The van der Waals surface area contributed by atoms with E-state index >= 15 is 0 Å². The van der Waals surface area contributed by atoms with Crippen LogP contribution in [0.25, 0.3) is 0 Å². The van der Waals surface area contributed by atoms with Crippen LogP contribution in [-0.2, 0) is 11.3 Å². The van der Waals surface area contributed by atoms with Crippen molar-refractivity contribution in [3.63, 3.8) is 0 Å². The first-order valence-electron chi connectivity index (χ1n) is 6.63. The smallest absolute Gasteiger partial charge is 0.325 e. The quantitative estimate of drug-likeness (QED) is 0.852. The van der Waals surface area contributed by atoms with Crippen molar-refractivity contribution in [3.8, 4) is 5.75 Å². The molecule has 21 heavy (non-hydrogen) atoms. The number of aromatic nitrogens is 1. The zero-order chi connectivity index (χ0) is 15.2. The molecule has 2 N–H and O–H groups in total. The van der Waals surface area contributed by atoms with Gasteiger partial charge in [-0.1, -0.05) is 30.3 Å². The molecule has 0 bridgehead atoms. The zero-order valence-electron chi connectivity index (χ0n) is 12.0. The molecule has 0 saturated carbocycles. The van der Waals surface area contributed by atoms with E-state index in [1.54, 1.807) is 25.3 Å². The predicted octanol–water partition coefficient (Wildman–Crippen LogP) is 2.31. The molecule has 0 aliphatic carbocycles. The lowest BCUT2D eigenvalue weighted by Crippen LogP contribution is -2.28. The normalized spacial score (nSPS) is 11.9. The van der Waals surface area contributed by atoms with Crippen LogP contribution in [0.15, 0.2) is 42.5 Å². The fourth-order valence-electron chi connectivity index (χ4n) is 2.11. The molecule has 0 fully saturated rings. The van der Waals surface area contributed by atoms with Crippen LogP contribution in [0.3, 0.4) is 0 Å². The van der Waals surface area contributed by atoms with E-state index in [0.29, 0.717) is 17.9 Å². The van der Waals surface area contributed by atoms with E-state index in [2.05, 4.69) is 10.3 Å². The highest BCUT2D eigenvalue weighted by Crippen LogP contribution is 2.16. The Kier molecular flexibility index (Phi) is 4.90. The summed E-state index contributed by atoms with van der Waals surface area (Å²) in [6.07, 6.45) is 0.